The van der Waals surface area contributed by atoms with Crippen molar-refractivity contribution in [1.82, 2.24) is 4.90 Å². The third-order valence-corrected chi connectivity index (χ3v) is 6.30. The first kappa shape index (κ1) is 21.6. The van der Waals surface area contributed by atoms with Gasteiger partial charge in [0, 0.05) is 13.1 Å². The fourth-order valence-electron chi connectivity index (χ4n) is 2.84. The van der Waals surface area contributed by atoms with Crippen molar-refractivity contribution < 1.29 is 22.5 Å². The topological polar surface area (TPSA) is 90.0 Å². The lowest BCUT2D eigenvalue weighted by Gasteiger charge is -2.19. The summed E-state index contributed by atoms with van der Waals surface area (Å²) in [4.78, 5) is 16.0. The minimum Gasteiger partial charge on any atom is -0.748 e. The van der Waals surface area contributed by atoms with Gasteiger partial charge < -0.3 is 14.2 Å². The lowest BCUT2D eigenvalue weighted by Crippen LogP contribution is -2.27. The highest BCUT2D eigenvalue weighted by Crippen LogP contribution is 2.38. The summed E-state index contributed by atoms with van der Waals surface area (Å²) in [5, 5.41) is 0. The van der Waals surface area contributed by atoms with E-state index in [1.165, 1.54) is 11.8 Å². The van der Waals surface area contributed by atoms with E-state index in [2.05, 4.69) is 0 Å². The molecule has 10 heteroatoms. The molecule has 0 spiro atoms. The minimum atomic E-state index is -4.36. The summed E-state index contributed by atoms with van der Waals surface area (Å²) < 4.78 is 39.5. The molecule has 29 heavy (non-hydrogen) atoms. The van der Waals surface area contributed by atoms with Crippen LogP contribution in [0.3, 0.4) is 0 Å². The van der Waals surface area contributed by atoms with Crippen LogP contribution in [0.25, 0.3) is 0 Å². The molecule has 0 unspecified atom stereocenters. The molecule has 2 heterocycles. The number of carbonyl (C=O) groups excluding carboxylic acids is 1. The lowest BCUT2D eigenvalue weighted by molar-refractivity contribution is -0.122. The van der Waals surface area contributed by atoms with E-state index in [4.69, 9.17) is 17.0 Å². The molecule has 1 fully saturated rings. The van der Waals surface area contributed by atoms with E-state index >= 15 is 0 Å². The second-order valence-electron chi connectivity index (χ2n) is 6.32. The number of thioether (sulfide) groups is 1. The van der Waals surface area contributed by atoms with Gasteiger partial charge in [0.05, 0.1) is 26.5 Å². The molecule has 0 aromatic heterocycles. The van der Waals surface area contributed by atoms with Crippen molar-refractivity contribution in [3.8, 4) is 5.75 Å². The van der Waals surface area contributed by atoms with Crippen LogP contribution < -0.4 is 9.64 Å². The van der Waals surface area contributed by atoms with Crippen molar-refractivity contribution in [2.75, 3.05) is 23.7 Å². The monoisotopic (exact) mass is 451 g/mol. The number of nitrogens with zero attached hydrogens (tertiary/aromatic N) is 2. The van der Waals surface area contributed by atoms with E-state index in [1.54, 1.807) is 52.3 Å². The number of para-hydroxylation sites is 2. The predicted octanol–water partition coefficient (Wildman–Crippen LogP) is 2.98. The Bertz CT molecular complexity index is 1040. The van der Waals surface area contributed by atoms with Gasteiger partial charge in [0.25, 0.3) is 5.91 Å². The minimum absolute atomic E-state index is 0.0171. The second kappa shape index (κ2) is 8.70. The third kappa shape index (κ3) is 5.08. The van der Waals surface area contributed by atoms with Crippen LogP contribution in [0.2, 0.25) is 0 Å². The highest BCUT2D eigenvalue weighted by atomic mass is 32.2. The maximum absolute atomic E-state index is 12.3. The van der Waals surface area contributed by atoms with E-state index in [1.807, 2.05) is 13.8 Å². The molecule has 0 radical (unpaired) electrons. The number of allylic oxidation sites excluding steroid dienone is 4. The van der Waals surface area contributed by atoms with Crippen LogP contribution in [0.1, 0.15) is 13.8 Å². The van der Waals surface area contributed by atoms with Gasteiger partial charge in [-0.3, -0.25) is 9.69 Å². The normalized spacial score (nSPS) is 20.0. The Morgan fingerprint density at radius 2 is 2.03 bits per heavy atom. The molecule has 0 aliphatic carbocycles. The maximum Gasteiger partial charge on any atom is 0.266 e. The van der Waals surface area contributed by atoms with Crippen molar-refractivity contribution in [3.05, 3.63) is 58.9 Å². The quantitative estimate of drug-likeness (QED) is 0.370. The van der Waals surface area contributed by atoms with E-state index in [0.29, 0.717) is 33.1 Å². The van der Waals surface area contributed by atoms with Gasteiger partial charge in [0.15, 0.2) is 5.75 Å². The molecule has 0 saturated carbocycles. The number of rotatable bonds is 6. The number of fused-ring (bicyclic) bond motifs is 1. The number of hydrogen-bond acceptors (Lipinski definition) is 8. The zero-order chi connectivity index (χ0) is 21.2. The number of ether oxygens (including phenoxy) is 1. The van der Waals surface area contributed by atoms with Crippen molar-refractivity contribution in [2.24, 2.45) is 0 Å². The average molecular weight is 452 g/mol. The zero-order valence-electron chi connectivity index (χ0n) is 15.8. The molecular weight excluding hydrogens is 432 g/mol. The number of likely N-dealkylation sites (N-methyl/N-ethyl adjacent to an activating group) is 1. The maximum atomic E-state index is 12.3. The fraction of sp³-hybridized carbons (Fsp3) is 0.263. The van der Waals surface area contributed by atoms with Crippen molar-refractivity contribution in [3.63, 3.8) is 0 Å². The third-order valence-electron chi connectivity index (χ3n) is 4.24. The Balaban J connectivity index is 1.83. The van der Waals surface area contributed by atoms with E-state index < -0.39 is 15.9 Å². The SMILES string of the molecule is CCN1C(=O)\C(=C/C(C)=C/C=C2\Oc3ccccc3N2CCS(=O)(=O)[O-])SC1=S. The largest absolute Gasteiger partial charge is 0.748 e. The molecule has 154 valence electrons. The Labute approximate surface area is 179 Å². The van der Waals surface area contributed by atoms with Crippen LogP contribution in [0.4, 0.5) is 5.69 Å². The summed E-state index contributed by atoms with van der Waals surface area (Å²) in [7, 11) is -4.36. The summed E-state index contributed by atoms with van der Waals surface area (Å²) in [6, 6.07) is 7.17. The predicted molar refractivity (Wildman–Crippen MR) is 116 cm³/mol. The molecule has 1 saturated heterocycles. The first-order valence-corrected chi connectivity index (χ1v) is 11.6. The molecule has 2 aliphatic rings. The van der Waals surface area contributed by atoms with Crippen molar-refractivity contribution in [2.45, 2.75) is 13.8 Å². The first-order chi connectivity index (χ1) is 13.7. The van der Waals surface area contributed by atoms with Crippen LogP contribution in [-0.4, -0.2) is 46.9 Å². The number of thiocarbonyl (C=S) groups is 1. The second-order valence-corrected chi connectivity index (χ2v) is 9.52. The number of carbonyl (C=O) groups is 1. The van der Waals surface area contributed by atoms with Gasteiger partial charge in [-0.05, 0) is 43.7 Å². The highest BCUT2D eigenvalue weighted by molar-refractivity contribution is 8.26. The molecule has 1 aromatic carbocycles. The van der Waals surface area contributed by atoms with Gasteiger partial charge in [0.1, 0.15) is 4.32 Å². The van der Waals surface area contributed by atoms with E-state index in [-0.39, 0.29) is 12.5 Å². The number of hydrogen-bond donors (Lipinski definition) is 0. The fourth-order valence-corrected chi connectivity index (χ4v) is 4.68. The molecule has 0 atom stereocenters. The Morgan fingerprint density at radius 3 is 2.69 bits per heavy atom. The van der Waals surface area contributed by atoms with Gasteiger partial charge >= 0.3 is 0 Å². The van der Waals surface area contributed by atoms with Gasteiger partial charge in [-0.2, -0.15) is 0 Å². The number of amides is 1. The van der Waals surface area contributed by atoms with Crippen LogP contribution in [0.5, 0.6) is 5.75 Å². The molecule has 2 aliphatic heterocycles. The Hall–Kier alpha value is -2.14. The number of anilines is 1. The Morgan fingerprint density at radius 1 is 1.31 bits per heavy atom. The van der Waals surface area contributed by atoms with Crippen LogP contribution in [0, 0.1) is 0 Å². The summed E-state index contributed by atoms with van der Waals surface area (Å²) in [6.45, 7) is 4.21. The summed E-state index contributed by atoms with van der Waals surface area (Å²) in [6.07, 6.45) is 5.20. The van der Waals surface area contributed by atoms with Gasteiger partial charge in [-0.25, -0.2) is 8.42 Å². The van der Waals surface area contributed by atoms with Crippen molar-refractivity contribution in [1.29, 1.82) is 0 Å². The molecule has 1 amide bonds. The lowest BCUT2D eigenvalue weighted by atomic mass is 10.2. The molecule has 3 rings (SSSR count). The molecule has 1 aromatic rings. The number of benzene rings is 1. The van der Waals surface area contributed by atoms with Crippen LogP contribution in [0.15, 0.2) is 58.9 Å². The summed E-state index contributed by atoms with van der Waals surface area (Å²) >= 11 is 6.47. The van der Waals surface area contributed by atoms with Crippen molar-refractivity contribution >= 4 is 50.0 Å². The van der Waals surface area contributed by atoms with Gasteiger partial charge in [-0.1, -0.05) is 42.2 Å². The van der Waals surface area contributed by atoms with Crippen LogP contribution >= 0.6 is 24.0 Å². The first-order valence-electron chi connectivity index (χ1n) is 8.81. The van der Waals surface area contributed by atoms with Gasteiger partial charge in [0.2, 0.25) is 5.88 Å². The zero-order valence-corrected chi connectivity index (χ0v) is 18.3. The highest BCUT2D eigenvalue weighted by Gasteiger charge is 2.30. The average Bonchev–Trinajstić information content (AvgIpc) is 3.14. The van der Waals surface area contributed by atoms with E-state index in [0.717, 1.165) is 5.57 Å². The summed E-state index contributed by atoms with van der Waals surface area (Å²) in [5.74, 6) is 0.333. The van der Waals surface area contributed by atoms with Crippen LogP contribution in [-0.2, 0) is 14.9 Å². The molecular formula is C19H19N2O5S3-. The standard InChI is InChI=1S/C19H20N2O5S3/c1-3-20-18(22)16(28-19(20)27)12-13(2)8-9-17-21(10-11-29(23,24)25)14-6-4-5-7-15(14)26-17/h4-9,12H,3,10-11H2,1-2H3,(H,23,24,25)/p-1/b13-8+,16-12+,17-9-. The molecule has 0 N–H and O–H groups in total. The molecule has 0 bridgehead atoms. The molecule has 7 nitrogen and oxygen atoms in total. The summed E-state index contributed by atoms with van der Waals surface area (Å²) in [5.41, 5.74) is 1.49. The Kier molecular flexibility index (Phi) is 6.47. The van der Waals surface area contributed by atoms with E-state index in [9.17, 15) is 17.8 Å². The van der Waals surface area contributed by atoms with Gasteiger partial charge in [-0.15, -0.1) is 0 Å². The smallest absolute Gasteiger partial charge is 0.266 e.